The van der Waals surface area contributed by atoms with Crippen LogP contribution in [0.1, 0.15) is 19.8 Å². The van der Waals surface area contributed by atoms with E-state index in [0.29, 0.717) is 0 Å². The third kappa shape index (κ3) is 4.63. The highest BCUT2D eigenvalue weighted by atomic mass is 16.5. The molecule has 0 aliphatic carbocycles. The van der Waals surface area contributed by atoms with Crippen molar-refractivity contribution in [3.63, 3.8) is 0 Å². The normalized spacial score (nSPS) is 20.4. The fraction of sp³-hybridized carbons (Fsp3) is 0.818. The van der Waals surface area contributed by atoms with Crippen LogP contribution >= 0.6 is 0 Å². The predicted octanol–water partition coefficient (Wildman–Crippen LogP) is 1.43. The van der Waals surface area contributed by atoms with Crippen LogP contribution < -0.4 is 5.32 Å². The van der Waals surface area contributed by atoms with Crippen LogP contribution in [0.2, 0.25) is 0 Å². The van der Waals surface area contributed by atoms with Gasteiger partial charge in [-0.25, -0.2) is 0 Å². The zero-order valence-corrected chi connectivity index (χ0v) is 9.33. The molecule has 0 atom stereocenters. The van der Waals surface area contributed by atoms with E-state index in [1.165, 1.54) is 25.9 Å². The maximum atomic E-state index is 4.81. The number of likely N-dealkylation sites (tertiary alicyclic amines) is 1. The van der Waals surface area contributed by atoms with Gasteiger partial charge in [-0.05, 0) is 37.9 Å². The summed E-state index contributed by atoms with van der Waals surface area (Å²) >= 11 is 0. The lowest BCUT2D eigenvalue weighted by Gasteiger charge is -2.30. The molecule has 1 rings (SSSR count). The van der Waals surface area contributed by atoms with Gasteiger partial charge in [0.05, 0.1) is 13.4 Å². The molecule has 0 aromatic carbocycles. The molecule has 0 aromatic heterocycles. The van der Waals surface area contributed by atoms with Crippen LogP contribution in [0.5, 0.6) is 0 Å². The van der Waals surface area contributed by atoms with Gasteiger partial charge in [-0.1, -0.05) is 6.92 Å². The Morgan fingerprint density at radius 2 is 2.14 bits per heavy atom. The van der Waals surface area contributed by atoms with Crippen molar-refractivity contribution in [1.29, 1.82) is 0 Å². The van der Waals surface area contributed by atoms with Crippen molar-refractivity contribution in [2.45, 2.75) is 19.8 Å². The summed E-state index contributed by atoms with van der Waals surface area (Å²) in [5.74, 6) is 0.916. The summed E-state index contributed by atoms with van der Waals surface area (Å²) in [5.41, 5.74) is 0. The Balaban J connectivity index is 1.99. The second kappa shape index (κ2) is 6.85. The minimum atomic E-state index is 0.889. The number of ether oxygens (including phenoxy) is 1. The number of hydrogen-bond acceptors (Lipinski definition) is 3. The Bertz CT molecular complexity index is 163. The average molecular weight is 198 g/mol. The van der Waals surface area contributed by atoms with Crippen LogP contribution in [0.3, 0.4) is 0 Å². The quantitative estimate of drug-likeness (QED) is 0.534. The molecule has 1 heterocycles. The van der Waals surface area contributed by atoms with E-state index in [9.17, 15) is 0 Å². The minimum Gasteiger partial charge on any atom is -0.505 e. The summed E-state index contributed by atoms with van der Waals surface area (Å²) in [5, 5.41) is 3.36. The standard InChI is InChI=1S/C11H22N2O/c1-11-4-7-13(8-5-11)10-12-6-3-9-14-2/h3,9,11-12H,4-8,10H2,1-2H3/b9-3+. The van der Waals surface area contributed by atoms with Gasteiger partial charge in [-0.3, -0.25) is 4.90 Å². The molecular formula is C11H22N2O. The van der Waals surface area contributed by atoms with E-state index >= 15 is 0 Å². The molecule has 0 bridgehead atoms. The monoisotopic (exact) mass is 198 g/mol. The van der Waals surface area contributed by atoms with Crippen LogP contribution in [-0.2, 0) is 4.74 Å². The lowest BCUT2D eigenvalue weighted by molar-refractivity contribution is 0.182. The lowest BCUT2D eigenvalue weighted by Crippen LogP contribution is -2.39. The number of nitrogens with zero attached hydrogens (tertiary/aromatic N) is 1. The molecular weight excluding hydrogens is 176 g/mol. The minimum absolute atomic E-state index is 0.889. The molecule has 3 nitrogen and oxygen atoms in total. The van der Waals surface area contributed by atoms with E-state index in [-0.39, 0.29) is 0 Å². The maximum Gasteiger partial charge on any atom is 0.0797 e. The zero-order chi connectivity index (χ0) is 10.2. The van der Waals surface area contributed by atoms with Crippen molar-refractivity contribution < 1.29 is 4.74 Å². The van der Waals surface area contributed by atoms with Gasteiger partial charge in [0.25, 0.3) is 0 Å². The molecule has 0 saturated carbocycles. The highest BCUT2D eigenvalue weighted by Crippen LogP contribution is 2.14. The molecule has 82 valence electrons. The Hall–Kier alpha value is -0.540. The van der Waals surface area contributed by atoms with Crippen molar-refractivity contribution in [2.75, 3.05) is 33.4 Å². The molecule has 0 unspecified atom stereocenters. The van der Waals surface area contributed by atoms with Crippen LogP contribution in [0.25, 0.3) is 0 Å². The second-order valence-corrected chi connectivity index (χ2v) is 4.02. The van der Waals surface area contributed by atoms with E-state index in [4.69, 9.17) is 4.74 Å². The van der Waals surface area contributed by atoms with E-state index < -0.39 is 0 Å². The Morgan fingerprint density at radius 3 is 2.79 bits per heavy atom. The summed E-state index contributed by atoms with van der Waals surface area (Å²) < 4.78 is 4.81. The first-order valence-electron chi connectivity index (χ1n) is 5.44. The Labute approximate surface area is 87.1 Å². The molecule has 3 heteroatoms. The first-order chi connectivity index (χ1) is 6.83. The third-order valence-corrected chi connectivity index (χ3v) is 2.71. The Morgan fingerprint density at radius 1 is 1.43 bits per heavy atom. The number of piperidine rings is 1. The zero-order valence-electron chi connectivity index (χ0n) is 9.33. The topological polar surface area (TPSA) is 24.5 Å². The van der Waals surface area contributed by atoms with Gasteiger partial charge in [0.1, 0.15) is 0 Å². The maximum absolute atomic E-state index is 4.81. The summed E-state index contributed by atoms with van der Waals surface area (Å²) in [6.07, 6.45) is 6.39. The van der Waals surface area contributed by atoms with Crippen LogP contribution in [0.4, 0.5) is 0 Å². The highest BCUT2D eigenvalue weighted by molar-refractivity contribution is 4.76. The number of rotatable bonds is 5. The highest BCUT2D eigenvalue weighted by Gasteiger charge is 2.14. The molecule has 14 heavy (non-hydrogen) atoms. The van der Waals surface area contributed by atoms with Gasteiger partial charge in [0, 0.05) is 13.2 Å². The van der Waals surface area contributed by atoms with Gasteiger partial charge in [-0.15, -0.1) is 0 Å². The fourth-order valence-corrected chi connectivity index (χ4v) is 1.67. The van der Waals surface area contributed by atoms with Crippen molar-refractivity contribution in [1.82, 2.24) is 10.2 Å². The summed E-state index contributed by atoms with van der Waals surface area (Å²) in [7, 11) is 1.67. The molecule has 1 aliphatic heterocycles. The van der Waals surface area contributed by atoms with Gasteiger partial charge in [0.2, 0.25) is 0 Å². The smallest absolute Gasteiger partial charge is 0.0797 e. The lowest BCUT2D eigenvalue weighted by atomic mass is 10.00. The molecule has 0 radical (unpaired) electrons. The van der Waals surface area contributed by atoms with E-state index in [0.717, 1.165) is 19.1 Å². The van der Waals surface area contributed by atoms with Crippen LogP contribution in [0.15, 0.2) is 12.3 Å². The van der Waals surface area contributed by atoms with Gasteiger partial charge in [0.15, 0.2) is 0 Å². The van der Waals surface area contributed by atoms with E-state index in [1.807, 2.05) is 6.08 Å². The van der Waals surface area contributed by atoms with Crippen LogP contribution in [-0.4, -0.2) is 38.3 Å². The first-order valence-corrected chi connectivity index (χ1v) is 5.44. The SMILES string of the molecule is CO/C=C/CNCN1CCC(C)CC1. The number of hydrogen-bond donors (Lipinski definition) is 1. The average Bonchev–Trinajstić information content (AvgIpc) is 2.21. The molecule has 1 N–H and O–H groups in total. The van der Waals surface area contributed by atoms with Crippen molar-refractivity contribution in [3.8, 4) is 0 Å². The van der Waals surface area contributed by atoms with Crippen molar-refractivity contribution in [2.24, 2.45) is 5.92 Å². The number of methoxy groups -OCH3 is 1. The van der Waals surface area contributed by atoms with Crippen LogP contribution in [0, 0.1) is 5.92 Å². The fourth-order valence-electron chi connectivity index (χ4n) is 1.67. The molecule has 0 amide bonds. The van der Waals surface area contributed by atoms with Gasteiger partial charge in [-0.2, -0.15) is 0 Å². The van der Waals surface area contributed by atoms with Gasteiger partial charge < -0.3 is 10.1 Å². The summed E-state index contributed by atoms with van der Waals surface area (Å²) in [6.45, 7) is 6.71. The molecule has 0 aromatic rings. The number of nitrogens with one attached hydrogen (secondary N) is 1. The molecule has 1 aliphatic rings. The summed E-state index contributed by atoms with van der Waals surface area (Å²) in [4.78, 5) is 2.47. The molecule has 1 saturated heterocycles. The first kappa shape index (κ1) is 11.5. The third-order valence-electron chi connectivity index (χ3n) is 2.71. The summed E-state index contributed by atoms with van der Waals surface area (Å²) in [6, 6.07) is 0. The van der Waals surface area contributed by atoms with Crippen molar-refractivity contribution in [3.05, 3.63) is 12.3 Å². The van der Waals surface area contributed by atoms with Gasteiger partial charge >= 0.3 is 0 Å². The molecule has 0 spiro atoms. The van der Waals surface area contributed by atoms with E-state index in [2.05, 4.69) is 17.1 Å². The predicted molar refractivity (Wildman–Crippen MR) is 59.0 cm³/mol. The van der Waals surface area contributed by atoms with Crippen molar-refractivity contribution >= 4 is 0 Å². The van der Waals surface area contributed by atoms with E-state index in [1.54, 1.807) is 13.4 Å². The largest absolute Gasteiger partial charge is 0.505 e. The Kier molecular flexibility index (Phi) is 5.64. The molecule has 1 fully saturated rings. The second-order valence-electron chi connectivity index (χ2n) is 4.02.